The van der Waals surface area contributed by atoms with Crippen molar-refractivity contribution in [1.82, 2.24) is 24.6 Å². The second-order valence-corrected chi connectivity index (χ2v) is 11.4. The number of amides is 1. The van der Waals surface area contributed by atoms with E-state index in [-0.39, 0.29) is 22.1 Å². The Labute approximate surface area is 203 Å². The number of nitrogens with zero attached hydrogens (tertiary/aromatic N) is 5. The van der Waals surface area contributed by atoms with Crippen LogP contribution in [0.5, 0.6) is 0 Å². The summed E-state index contributed by atoms with van der Waals surface area (Å²) in [6.07, 6.45) is 7.90. The molecule has 1 saturated heterocycles. The summed E-state index contributed by atoms with van der Waals surface area (Å²) in [6, 6.07) is 4.81. The molecule has 2 aromatic rings. The van der Waals surface area contributed by atoms with Crippen LogP contribution in [0.25, 0.3) is 0 Å². The van der Waals surface area contributed by atoms with Crippen LogP contribution in [0.1, 0.15) is 44.1 Å². The van der Waals surface area contributed by atoms with Gasteiger partial charge in [-0.15, -0.1) is 5.10 Å². The predicted octanol–water partition coefficient (Wildman–Crippen LogP) is 4.36. The Morgan fingerprint density at radius 1 is 1.09 bits per heavy atom. The minimum Gasteiger partial charge on any atom is -0.340 e. The number of aromatic nitrogens is 3. The number of piperazine rings is 1. The van der Waals surface area contributed by atoms with E-state index in [1.807, 2.05) is 4.68 Å². The zero-order chi connectivity index (χ0) is 22.8. The van der Waals surface area contributed by atoms with Gasteiger partial charge in [0, 0.05) is 43.3 Å². The van der Waals surface area contributed by atoms with Gasteiger partial charge in [-0.3, -0.25) is 9.69 Å². The molecule has 1 aromatic carbocycles. The topological polar surface area (TPSA) is 54.3 Å². The average Bonchev–Trinajstić information content (AvgIpc) is 3.23. The Bertz CT molecular complexity index is 1050. The van der Waals surface area contributed by atoms with Crippen molar-refractivity contribution in [1.29, 1.82) is 0 Å². The van der Waals surface area contributed by atoms with Gasteiger partial charge in [0.25, 0.3) is 0 Å². The van der Waals surface area contributed by atoms with Crippen LogP contribution in [0, 0.1) is 23.1 Å². The molecule has 9 heteroatoms. The van der Waals surface area contributed by atoms with Crippen LogP contribution >= 0.6 is 23.2 Å². The van der Waals surface area contributed by atoms with Gasteiger partial charge in [-0.1, -0.05) is 17.7 Å². The normalized spacial score (nSPS) is 33.6. The van der Waals surface area contributed by atoms with Gasteiger partial charge in [0.2, 0.25) is 11.2 Å². The Kier molecular flexibility index (Phi) is 5.24. The maximum atomic E-state index is 14.2. The number of hydrogen-bond donors (Lipinski definition) is 0. The monoisotopic (exact) mass is 491 g/mol. The molecule has 1 amide bonds. The van der Waals surface area contributed by atoms with Crippen molar-refractivity contribution in [3.8, 4) is 0 Å². The molecular formula is C24H28Cl2FN5O. The molecule has 7 rings (SSSR count). The molecule has 4 aliphatic carbocycles. The Morgan fingerprint density at radius 2 is 1.82 bits per heavy atom. The Morgan fingerprint density at radius 3 is 2.45 bits per heavy atom. The molecule has 33 heavy (non-hydrogen) atoms. The van der Waals surface area contributed by atoms with E-state index in [0.717, 1.165) is 45.2 Å². The third kappa shape index (κ3) is 3.67. The second kappa shape index (κ2) is 7.92. The fourth-order valence-electron chi connectivity index (χ4n) is 7.56. The summed E-state index contributed by atoms with van der Waals surface area (Å²) in [5.41, 5.74) is 0.0940. The van der Waals surface area contributed by atoms with Crippen molar-refractivity contribution in [2.75, 3.05) is 26.2 Å². The Balaban J connectivity index is 1.17. The molecule has 5 aliphatic rings. The number of halogens is 3. The van der Waals surface area contributed by atoms with E-state index < -0.39 is 0 Å². The Hall–Kier alpha value is -1.70. The maximum Gasteiger partial charge on any atom is 0.242 e. The SMILES string of the molecule is O=C(N1CCN(Cc2c(F)cccc2Cl)CC1)C12CC3CC(C1)CC(n1cnc(Cl)n1)(C3)C2. The minimum absolute atomic E-state index is 0.136. The molecule has 2 unspecified atom stereocenters. The first kappa shape index (κ1) is 21.8. The molecule has 1 aromatic heterocycles. The van der Waals surface area contributed by atoms with Crippen molar-refractivity contribution >= 4 is 29.1 Å². The third-order valence-electron chi connectivity index (χ3n) is 8.54. The molecule has 0 radical (unpaired) electrons. The van der Waals surface area contributed by atoms with Crippen molar-refractivity contribution in [3.05, 3.63) is 46.2 Å². The first-order chi connectivity index (χ1) is 15.9. The first-order valence-electron chi connectivity index (χ1n) is 11.9. The van der Waals surface area contributed by atoms with Crippen LogP contribution in [0.2, 0.25) is 10.3 Å². The van der Waals surface area contributed by atoms with Crippen molar-refractivity contribution in [2.24, 2.45) is 17.3 Å². The van der Waals surface area contributed by atoms with Gasteiger partial charge in [0.15, 0.2) is 0 Å². The highest BCUT2D eigenvalue weighted by Crippen LogP contribution is 2.64. The number of hydrogen-bond acceptors (Lipinski definition) is 4. The number of carbonyl (C=O) groups is 1. The smallest absolute Gasteiger partial charge is 0.242 e. The van der Waals surface area contributed by atoms with E-state index in [1.165, 1.54) is 12.5 Å². The molecule has 4 bridgehead atoms. The molecule has 0 N–H and O–H groups in total. The van der Waals surface area contributed by atoms with Crippen LogP contribution in [-0.2, 0) is 16.9 Å². The van der Waals surface area contributed by atoms with Crippen molar-refractivity contribution in [2.45, 2.75) is 50.6 Å². The first-order valence-corrected chi connectivity index (χ1v) is 12.6. The lowest BCUT2D eigenvalue weighted by Gasteiger charge is -2.61. The molecule has 0 spiro atoms. The van der Waals surface area contributed by atoms with E-state index in [9.17, 15) is 9.18 Å². The molecule has 5 fully saturated rings. The second-order valence-electron chi connectivity index (χ2n) is 10.7. The van der Waals surface area contributed by atoms with Gasteiger partial charge in [-0.2, -0.15) is 0 Å². The van der Waals surface area contributed by atoms with Gasteiger partial charge in [-0.25, -0.2) is 14.1 Å². The number of carbonyl (C=O) groups excluding carboxylic acids is 1. The molecular weight excluding hydrogens is 464 g/mol. The van der Waals surface area contributed by atoms with Crippen LogP contribution in [0.4, 0.5) is 4.39 Å². The van der Waals surface area contributed by atoms with Crippen LogP contribution < -0.4 is 0 Å². The van der Waals surface area contributed by atoms with Crippen LogP contribution in [0.3, 0.4) is 0 Å². The summed E-state index contributed by atoms with van der Waals surface area (Å²) in [7, 11) is 0. The molecule has 2 heterocycles. The van der Waals surface area contributed by atoms with Crippen LogP contribution in [0.15, 0.2) is 24.5 Å². The average molecular weight is 492 g/mol. The van der Waals surface area contributed by atoms with Gasteiger partial charge in [0.1, 0.15) is 12.1 Å². The van der Waals surface area contributed by atoms with Crippen LogP contribution in [-0.4, -0.2) is 56.7 Å². The summed E-state index contributed by atoms with van der Waals surface area (Å²) in [4.78, 5) is 22.4. The molecule has 2 atom stereocenters. The fourth-order valence-corrected chi connectivity index (χ4v) is 7.90. The molecule has 1 aliphatic heterocycles. The van der Waals surface area contributed by atoms with Gasteiger partial charge < -0.3 is 4.90 Å². The lowest BCUT2D eigenvalue weighted by Crippen LogP contribution is -2.62. The predicted molar refractivity (Wildman–Crippen MR) is 123 cm³/mol. The summed E-state index contributed by atoms with van der Waals surface area (Å²) >= 11 is 12.3. The van der Waals surface area contributed by atoms with E-state index in [1.54, 1.807) is 18.5 Å². The third-order valence-corrected chi connectivity index (χ3v) is 9.06. The summed E-state index contributed by atoms with van der Waals surface area (Å²) in [6.45, 7) is 3.26. The lowest BCUT2D eigenvalue weighted by molar-refractivity contribution is -0.168. The summed E-state index contributed by atoms with van der Waals surface area (Å²) in [5, 5.41) is 5.20. The molecule has 6 nitrogen and oxygen atoms in total. The molecule has 176 valence electrons. The zero-order valence-electron chi connectivity index (χ0n) is 18.5. The highest BCUT2D eigenvalue weighted by atomic mass is 35.5. The lowest BCUT2D eigenvalue weighted by atomic mass is 9.46. The van der Waals surface area contributed by atoms with Gasteiger partial charge >= 0.3 is 0 Å². The quantitative estimate of drug-likeness (QED) is 0.637. The minimum atomic E-state index is -0.306. The maximum absolute atomic E-state index is 14.2. The van der Waals surface area contributed by atoms with E-state index >= 15 is 0 Å². The number of rotatable bonds is 4. The highest BCUT2D eigenvalue weighted by Gasteiger charge is 2.62. The van der Waals surface area contributed by atoms with Crippen molar-refractivity contribution < 1.29 is 9.18 Å². The number of benzene rings is 1. The summed E-state index contributed by atoms with van der Waals surface area (Å²) in [5.74, 6) is 1.15. The fraction of sp³-hybridized carbons (Fsp3) is 0.625. The standard InChI is InChI=1S/C24H28Cl2FN5O/c25-19-2-1-3-20(27)18(19)13-30-4-6-31(7-5-30)21(33)23-9-16-8-17(10-23)12-24(11-16,14-23)32-15-28-22(26)29-32/h1-3,15-17H,4-14H2. The zero-order valence-corrected chi connectivity index (χ0v) is 20.0. The summed E-state index contributed by atoms with van der Waals surface area (Å²) < 4.78 is 16.2. The van der Waals surface area contributed by atoms with Gasteiger partial charge in [-0.05, 0) is 74.1 Å². The van der Waals surface area contributed by atoms with Crippen molar-refractivity contribution in [3.63, 3.8) is 0 Å². The van der Waals surface area contributed by atoms with E-state index in [2.05, 4.69) is 19.9 Å². The molecule has 4 saturated carbocycles. The van der Waals surface area contributed by atoms with Gasteiger partial charge in [0.05, 0.1) is 11.0 Å². The van der Waals surface area contributed by atoms with E-state index in [4.69, 9.17) is 23.2 Å². The van der Waals surface area contributed by atoms with E-state index in [0.29, 0.717) is 48.0 Å². The largest absolute Gasteiger partial charge is 0.340 e. The highest BCUT2D eigenvalue weighted by molar-refractivity contribution is 6.31.